The molecule has 32 heavy (non-hydrogen) atoms. The summed E-state index contributed by atoms with van der Waals surface area (Å²) in [7, 11) is 0. The van der Waals surface area contributed by atoms with Crippen LogP contribution in [-0.4, -0.2) is 34.9 Å². The van der Waals surface area contributed by atoms with E-state index >= 15 is 4.39 Å². The Morgan fingerprint density at radius 3 is 2.50 bits per heavy atom. The van der Waals surface area contributed by atoms with Gasteiger partial charge in [-0.05, 0) is 48.1 Å². The third-order valence-electron chi connectivity index (χ3n) is 6.34. The molecule has 3 N–H and O–H groups in total. The highest BCUT2D eigenvalue weighted by Gasteiger charge is 2.60. The average molecular weight is 479 g/mol. The normalized spacial score (nSPS) is 25.5. The summed E-state index contributed by atoms with van der Waals surface area (Å²) in [6.07, 6.45) is 0.777. The average Bonchev–Trinajstić information content (AvgIpc) is 3.02. The van der Waals surface area contributed by atoms with Crippen molar-refractivity contribution < 1.29 is 19.4 Å². The zero-order valence-electron chi connectivity index (χ0n) is 17.8. The molecular formula is C24H25Cl2FN2O3. The summed E-state index contributed by atoms with van der Waals surface area (Å²) in [6, 6.07) is 11.2. The minimum absolute atomic E-state index is 0.0609. The van der Waals surface area contributed by atoms with Gasteiger partial charge in [0.15, 0.2) is 0 Å². The number of nitriles is 1. The van der Waals surface area contributed by atoms with Crippen molar-refractivity contribution in [3.63, 3.8) is 0 Å². The fourth-order valence-corrected chi connectivity index (χ4v) is 5.22. The van der Waals surface area contributed by atoms with E-state index in [2.05, 4.69) is 11.4 Å². The van der Waals surface area contributed by atoms with Gasteiger partial charge in [-0.2, -0.15) is 5.26 Å². The molecule has 8 heteroatoms. The van der Waals surface area contributed by atoms with Crippen LogP contribution in [0.5, 0.6) is 0 Å². The topological polar surface area (TPSA) is 93.3 Å². The number of rotatable bonds is 7. The second-order valence-electron chi connectivity index (χ2n) is 9.01. The summed E-state index contributed by atoms with van der Waals surface area (Å²) in [5.74, 6) is -2.75. The predicted molar refractivity (Wildman–Crippen MR) is 121 cm³/mol. The number of aliphatic hydroxyl groups is 1. The molecule has 0 spiro atoms. The van der Waals surface area contributed by atoms with E-state index in [9.17, 15) is 20.3 Å². The fourth-order valence-electron chi connectivity index (χ4n) is 4.86. The van der Waals surface area contributed by atoms with Crippen molar-refractivity contribution in [2.45, 2.75) is 50.1 Å². The first-order valence-electron chi connectivity index (χ1n) is 10.3. The number of nitrogens with zero attached hydrogens (tertiary/aromatic N) is 1. The van der Waals surface area contributed by atoms with Gasteiger partial charge in [0, 0.05) is 34.2 Å². The first-order chi connectivity index (χ1) is 15.1. The van der Waals surface area contributed by atoms with Crippen LogP contribution in [-0.2, 0) is 10.2 Å². The molecule has 1 aliphatic heterocycles. The molecule has 1 heterocycles. The second-order valence-corrected chi connectivity index (χ2v) is 9.89. The summed E-state index contributed by atoms with van der Waals surface area (Å²) < 4.78 is 15.3. The smallest absolute Gasteiger partial charge is 0.321 e. The number of hydrogen-bond donors (Lipinski definition) is 3. The third-order valence-corrected chi connectivity index (χ3v) is 6.81. The Morgan fingerprint density at radius 1 is 1.25 bits per heavy atom. The number of nitrogens with one attached hydrogen (secondary N) is 1. The molecule has 0 amide bonds. The maximum absolute atomic E-state index is 15.3. The first kappa shape index (κ1) is 24.5. The summed E-state index contributed by atoms with van der Waals surface area (Å²) >= 11 is 12.2. The van der Waals surface area contributed by atoms with E-state index in [1.807, 2.05) is 13.8 Å². The van der Waals surface area contributed by atoms with Crippen molar-refractivity contribution in [1.29, 1.82) is 5.26 Å². The Morgan fingerprint density at radius 2 is 1.94 bits per heavy atom. The molecule has 2 aromatic carbocycles. The van der Waals surface area contributed by atoms with Gasteiger partial charge >= 0.3 is 5.97 Å². The molecule has 0 unspecified atom stereocenters. The minimum atomic E-state index is -1.56. The third kappa shape index (κ3) is 4.49. The molecule has 1 fully saturated rings. The molecule has 3 rings (SSSR count). The first-order valence-corrected chi connectivity index (χ1v) is 11.0. The van der Waals surface area contributed by atoms with Crippen LogP contribution in [0, 0.1) is 22.6 Å². The van der Waals surface area contributed by atoms with Gasteiger partial charge in [-0.25, -0.2) is 4.39 Å². The van der Waals surface area contributed by atoms with Crippen molar-refractivity contribution in [2.24, 2.45) is 5.41 Å². The van der Waals surface area contributed by atoms with Crippen LogP contribution in [0.4, 0.5) is 4.39 Å². The van der Waals surface area contributed by atoms with E-state index < -0.39 is 40.6 Å². The lowest BCUT2D eigenvalue weighted by molar-refractivity contribution is -0.139. The Labute approximate surface area is 196 Å². The van der Waals surface area contributed by atoms with Crippen LogP contribution in [0.25, 0.3) is 0 Å². The van der Waals surface area contributed by atoms with Gasteiger partial charge in [-0.3, -0.25) is 10.1 Å². The summed E-state index contributed by atoms with van der Waals surface area (Å²) in [4.78, 5) is 12.3. The van der Waals surface area contributed by atoms with E-state index in [0.29, 0.717) is 23.4 Å². The Bertz CT molecular complexity index is 1060. The zero-order chi connectivity index (χ0) is 23.7. The highest BCUT2D eigenvalue weighted by Crippen LogP contribution is 2.52. The maximum Gasteiger partial charge on any atom is 0.321 e. The van der Waals surface area contributed by atoms with Gasteiger partial charge in [0.25, 0.3) is 0 Å². The molecule has 170 valence electrons. The highest BCUT2D eigenvalue weighted by atomic mass is 35.5. The van der Waals surface area contributed by atoms with Gasteiger partial charge in [0.2, 0.25) is 0 Å². The molecule has 0 saturated carbocycles. The van der Waals surface area contributed by atoms with Gasteiger partial charge < -0.3 is 10.2 Å². The largest absolute Gasteiger partial charge is 0.480 e. The van der Waals surface area contributed by atoms with E-state index in [1.165, 1.54) is 12.1 Å². The van der Waals surface area contributed by atoms with Crippen LogP contribution in [0.15, 0.2) is 42.5 Å². The number of halogens is 3. The zero-order valence-corrected chi connectivity index (χ0v) is 19.3. The lowest BCUT2D eigenvalue weighted by atomic mass is 9.62. The number of carboxylic acid groups (broad SMARTS) is 1. The molecule has 4 atom stereocenters. The molecule has 0 bridgehead atoms. The molecule has 0 aromatic heterocycles. The van der Waals surface area contributed by atoms with Crippen molar-refractivity contribution in [3.8, 4) is 6.07 Å². The second kappa shape index (κ2) is 9.36. The number of aliphatic carboxylic acids is 1. The molecular weight excluding hydrogens is 454 g/mol. The van der Waals surface area contributed by atoms with Crippen molar-refractivity contribution in [3.05, 3.63) is 69.5 Å². The number of benzene rings is 2. The van der Waals surface area contributed by atoms with Gasteiger partial charge in [0.05, 0.1) is 6.07 Å². The van der Waals surface area contributed by atoms with Gasteiger partial charge in [-0.15, -0.1) is 0 Å². The SMILES string of the molecule is CC(C)(CCO)C[C@@H]1N[C@@H](C(=O)O)[C@@H](c2cccc(Cl)c2)[C@@]1(C#N)c1ccc(Cl)cc1F. The van der Waals surface area contributed by atoms with Gasteiger partial charge in [-0.1, -0.05) is 55.2 Å². The Balaban J connectivity index is 2.30. The Hall–Kier alpha value is -2.17. The molecule has 5 nitrogen and oxygen atoms in total. The number of aliphatic hydroxyl groups excluding tert-OH is 1. The van der Waals surface area contributed by atoms with E-state index in [-0.39, 0.29) is 17.2 Å². The summed E-state index contributed by atoms with van der Waals surface area (Å²) in [5, 5.41) is 33.8. The van der Waals surface area contributed by atoms with Crippen molar-refractivity contribution in [1.82, 2.24) is 5.32 Å². The fraction of sp³-hybridized carbons (Fsp3) is 0.417. The molecule has 2 aromatic rings. The van der Waals surface area contributed by atoms with Crippen molar-refractivity contribution in [2.75, 3.05) is 6.61 Å². The standard InChI is InChI=1S/C24H25Cl2FN2O3/c1-23(2,8-9-30)12-19-24(13-28,17-7-6-16(26)11-18(17)27)20(21(29-19)22(31)32)14-4-3-5-15(25)10-14/h3-7,10-11,19-21,29-30H,8-9,12H2,1-2H3,(H,31,32)/t19-,20+,21+,24-/m0/s1. The summed E-state index contributed by atoms with van der Waals surface area (Å²) in [6.45, 7) is 3.79. The van der Waals surface area contributed by atoms with E-state index in [1.54, 1.807) is 24.3 Å². The maximum atomic E-state index is 15.3. The van der Waals surface area contributed by atoms with Crippen LogP contribution in [0.3, 0.4) is 0 Å². The van der Waals surface area contributed by atoms with E-state index in [0.717, 1.165) is 6.07 Å². The predicted octanol–water partition coefficient (Wildman–Crippen LogP) is 4.90. The molecule has 0 radical (unpaired) electrons. The van der Waals surface area contributed by atoms with Crippen molar-refractivity contribution >= 4 is 29.2 Å². The van der Waals surface area contributed by atoms with Crippen LogP contribution in [0.2, 0.25) is 10.0 Å². The van der Waals surface area contributed by atoms with E-state index in [4.69, 9.17) is 23.2 Å². The monoisotopic (exact) mass is 478 g/mol. The lowest BCUT2D eigenvalue weighted by Gasteiger charge is -2.38. The minimum Gasteiger partial charge on any atom is -0.480 e. The van der Waals surface area contributed by atoms with Crippen LogP contribution in [0.1, 0.15) is 43.7 Å². The highest BCUT2D eigenvalue weighted by molar-refractivity contribution is 6.30. The number of hydrogen-bond acceptors (Lipinski definition) is 4. The molecule has 1 aliphatic rings. The van der Waals surface area contributed by atoms with Gasteiger partial charge in [0.1, 0.15) is 17.3 Å². The summed E-state index contributed by atoms with van der Waals surface area (Å²) in [5.41, 5.74) is -1.40. The number of carboxylic acids is 1. The van der Waals surface area contributed by atoms with Crippen LogP contribution < -0.4 is 5.32 Å². The molecule has 0 aliphatic carbocycles. The quantitative estimate of drug-likeness (QED) is 0.525. The number of carbonyl (C=O) groups is 1. The molecule has 1 saturated heterocycles. The van der Waals surface area contributed by atoms with Crippen LogP contribution >= 0.6 is 23.2 Å². The Kier molecular flexibility index (Phi) is 7.16. The lowest BCUT2D eigenvalue weighted by Crippen LogP contribution is -2.45.